The van der Waals surface area contributed by atoms with Gasteiger partial charge in [-0.3, -0.25) is 4.79 Å². The number of benzene rings is 1. The Hall–Kier alpha value is -1.29. The number of carbonyl (C=O) groups is 1. The summed E-state index contributed by atoms with van der Waals surface area (Å²) in [5.41, 5.74) is 0.975. The highest BCUT2D eigenvalue weighted by Crippen LogP contribution is 2.42. The predicted molar refractivity (Wildman–Crippen MR) is 63.0 cm³/mol. The van der Waals surface area contributed by atoms with E-state index in [1.165, 1.54) is 13.2 Å². The SMILES string of the molecule is COc1cc([C@@H]2C[C@H]2NC(=O)CCl)ccc1F. The Labute approximate surface area is 104 Å². The van der Waals surface area contributed by atoms with Gasteiger partial charge >= 0.3 is 0 Å². The van der Waals surface area contributed by atoms with E-state index < -0.39 is 0 Å². The van der Waals surface area contributed by atoms with Crippen LogP contribution in [0.2, 0.25) is 0 Å². The van der Waals surface area contributed by atoms with Crippen molar-refractivity contribution in [2.75, 3.05) is 13.0 Å². The Morgan fingerprint density at radius 2 is 2.41 bits per heavy atom. The predicted octanol–water partition coefficient (Wildman–Crippen LogP) is 2.05. The average Bonchev–Trinajstić information content (AvgIpc) is 3.08. The van der Waals surface area contributed by atoms with E-state index in [0.29, 0.717) is 0 Å². The number of methoxy groups -OCH3 is 1. The highest BCUT2D eigenvalue weighted by Gasteiger charge is 2.39. The standard InChI is InChI=1S/C12H13ClFNO2/c1-17-11-4-7(2-3-9(11)14)8-5-10(8)15-12(16)6-13/h2-4,8,10H,5-6H2,1H3,(H,15,16)/t8-,10+/m0/s1. The van der Waals surface area contributed by atoms with Gasteiger partial charge in [-0.25, -0.2) is 4.39 Å². The molecule has 2 rings (SSSR count). The van der Waals surface area contributed by atoms with Crippen LogP contribution in [0.25, 0.3) is 0 Å². The summed E-state index contributed by atoms with van der Waals surface area (Å²) in [5.74, 6) is -0.115. The molecule has 0 aliphatic heterocycles. The van der Waals surface area contributed by atoms with E-state index >= 15 is 0 Å². The van der Waals surface area contributed by atoms with E-state index in [1.54, 1.807) is 12.1 Å². The van der Waals surface area contributed by atoms with Crippen LogP contribution in [0.3, 0.4) is 0 Å². The van der Waals surface area contributed by atoms with Crippen molar-refractivity contribution in [3.8, 4) is 5.75 Å². The molecule has 1 amide bonds. The van der Waals surface area contributed by atoms with Crippen LogP contribution >= 0.6 is 11.6 Å². The van der Waals surface area contributed by atoms with Crippen molar-refractivity contribution in [3.05, 3.63) is 29.6 Å². The number of hydrogen-bond acceptors (Lipinski definition) is 2. The summed E-state index contributed by atoms with van der Waals surface area (Å²) in [6, 6.07) is 4.88. The van der Waals surface area contributed by atoms with Crippen LogP contribution < -0.4 is 10.1 Å². The lowest BCUT2D eigenvalue weighted by molar-refractivity contribution is -0.118. The van der Waals surface area contributed by atoms with Crippen LogP contribution in [0.1, 0.15) is 17.9 Å². The molecule has 0 heterocycles. The van der Waals surface area contributed by atoms with Crippen LogP contribution in [-0.4, -0.2) is 24.9 Å². The molecule has 0 bridgehead atoms. The van der Waals surface area contributed by atoms with Gasteiger partial charge in [0.2, 0.25) is 5.91 Å². The fourth-order valence-electron chi connectivity index (χ4n) is 1.88. The van der Waals surface area contributed by atoms with Gasteiger partial charge in [-0.1, -0.05) is 6.07 Å². The summed E-state index contributed by atoms with van der Waals surface area (Å²) in [4.78, 5) is 11.1. The van der Waals surface area contributed by atoms with Crippen molar-refractivity contribution < 1.29 is 13.9 Å². The number of amides is 1. The minimum atomic E-state index is -0.377. The van der Waals surface area contributed by atoms with Crippen LogP contribution in [0.5, 0.6) is 5.75 Å². The molecule has 0 spiro atoms. The zero-order valence-corrected chi connectivity index (χ0v) is 10.1. The van der Waals surface area contributed by atoms with Gasteiger partial charge in [-0.05, 0) is 24.1 Å². The molecule has 0 unspecified atom stereocenters. The minimum absolute atomic E-state index is 0.0318. The van der Waals surface area contributed by atoms with E-state index in [4.69, 9.17) is 16.3 Å². The average molecular weight is 258 g/mol. The first-order valence-corrected chi connectivity index (χ1v) is 5.88. The molecule has 0 aromatic heterocycles. The molecule has 0 saturated heterocycles. The molecular weight excluding hydrogens is 245 g/mol. The van der Waals surface area contributed by atoms with Crippen LogP contribution in [0, 0.1) is 5.82 Å². The molecular formula is C12H13ClFNO2. The molecule has 1 aromatic rings. The summed E-state index contributed by atoms with van der Waals surface area (Å²) < 4.78 is 18.1. The third-order valence-electron chi connectivity index (χ3n) is 2.86. The first kappa shape index (κ1) is 12.2. The highest BCUT2D eigenvalue weighted by molar-refractivity contribution is 6.27. The molecule has 1 aliphatic carbocycles. The third kappa shape index (κ3) is 2.69. The summed E-state index contributed by atoms with van der Waals surface area (Å²) in [6.07, 6.45) is 0.859. The van der Waals surface area contributed by atoms with Crippen molar-refractivity contribution in [1.82, 2.24) is 5.32 Å². The maximum absolute atomic E-state index is 13.2. The smallest absolute Gasteiger partial charge is 0.235 e. The number of halogens is 2. The second kappa shape index (κ2) is 4.92. The normalized spacial score (nSPS) is 22.1. The lowest BCUT2D eigenvalue weighted by Gasteiger charge is -2.06. The fourth-order valence-corrected chi connectivity index (χ4v) is 1.95. The van der Waals surface area contributed by atoms with Gasteiger partial charge in [0.25, 0.3) is 0 Å². The molecule has 1 fully saturated rings. The lowest BCUT2D eigenvalue weighted by atomic mass is 10.1. The first-order chi connectivity index (χ1) is 8.15. The van der Waals surface area contributed by atoms with Crippen molar-refractivity contribution in [2.24, 2.45) is 0 Å². The maximum Gasteiger partial charge on any atom is 0.235 e. The minimum Gasteiger partial charge on any atom is -0.494 e. The Kier molecular flexibility index (Phi) is 3.52. The largest absolute Gasteiger partial charge is 0.494 e. The summed E-state index contributed by atoms with van der Waals surface area (Å²) in [5, 5.41) is 2.80. The molecule has 1 aliphatic rings. The van der Waals surface area contributed by atoms with Crippen LogP contribution in [0.4, 0.5) is 4.39 Å². The number of alkyl halides is 1. The summed E-state index contributed by atoms with van der Waals surface area (Å²) in [7, 11) is 1.43. The van der Waals surface area contributed by atoms with Gasteiger partial charge in [0.05, 0.1) is 7.11 Å². The Morgan fingerprint density at radius 3 is 3.06 bits per heavy atom. The molecule has 2 atom stereocenters. The number of carbonyl (C=O) groups excluding carboxylic acids is 1. The van der Waals surface area contributed by atoms with E-state index in [9.17, 15) is 9.18 Å². The van der Waals surface area contributed by atoms with Crippen LogP contribution in [-0.2, 0) is 4.79 Å². The van der Waals surface area contributed by atoms with E-state index in [2.05, 4.69) is 5.32 Å². The lowest BCUT2D eigenvalue weighted by Crippen LogP contribution is -2.27. The monoisotopic (exact) mass is 257 g/mol. The Morgan fingerprint density at radius 1 is 1.65 bits per heavy atom. The highest BCUT2D eigenvalue weighted by atomic mass is 35.5. The van der Waals surface area contributed by atoms with Crippen molar-refractivity contribution >= 4 is 17.5 Å². The summed E-state index contributed by atoms with van der Waals surface area (Å²) in [6.45, 7) is 0. The zero-order chi connectivity index (χ0) is 12.4. The summed E-state index contributed by atoms with van der Waals surface area (Å²) >= 11 is 5.40. The van der Waals surface area contributed by atoms with Gasteiger partial charge in [-0.2, -0.15) is 0 Å². The number of ether oxygens (including phenoxy) is 1. The van der Waals surface area contributed by atoms with Gasteiger partial charge in [0.1, 0.15) is 5.88 Å². The Bertz CT molecular complexity index is 439. The molecule has 17 heavy (non-hydrogen) atoms. The van der Waals surface area contributed by atoms with Gasteiger partial charge in [-0.15, -0.1) is 11.6 Å². The number of hydrogen-bond donors (Lipinski definition) is 1. The van der Waals surface area contributed by atoms with E-state index in [-0.39, 0.29) is 35.3 Å². The fraction of sp³-hybridized carbons (Fsp3) is 0.417. The quantitative estimate of drug-likeness (QED) is 0.839. The van der Waals surface area contributed by atoms with Crippen LogP contribution in [0.15, 0.2) is 18.2 Å². The molecule has 92 valence electrons. The molecule has 1 aromatic carbocycles. The number of nitrogens with one attached hydrogen (secondary N) is 1. The van der Waals surface area contributed by atoms with Crippen molar-refractivity contribution in [3.63, 3.8) is 0 Å². The van der Waals surface area contributed by atoms with Crippen molar-refractivity contribution in [2.45, 2.75) is 18.4 Å². The molecule has 1 N–H and O–H groups in total. The second-order valence-electron chi connectivity index (χ2n) is 4.04. The number of rotatable bonds is 4. The third-order valence-corrected chi connectivity index (χ3v) is 3.10. The molecule has 0 radical (unpaired) electrons. The second-order valence-corrected chi connectivity index (χ2v) is 4.31. The Balaban J connectivity index is 2.03. The van der Waals surface area contributed by atoms with E-state index in [0.717, 1.165) is 12.0 Å². The van der Waals surface area contributed by atoms with E-state index in [1.807, 2.05) is 0 Å². The molecule has 1 saturated carbocycles. The topological polar surface area (TPSA) is 38.3 Å². The molecule has 3 nitrogen and oxygen atoms in total. The van der Waals surface area contributed by atoms with Gasteiger partial charge in [0, 0.05) is 12.0 Å². The first-order valence-electron chi connectivity index (χ1n) is 5.34. The van der Waals surface area contributed by atoms with Gasteiger partial charge < -0.3 is 10.1 Å². The molecule has 5 heteroatoms. The van der Waals surface area contributed by atoms with Crippen molar-refractivity contribution in [1.29, 1.82) is 0 Å². The zero-order valence-electron chi connectivity index (χ0n) is 9.37. The van der Waals surface area contributed by atoms with Gasteiger partial charge in [0.15, 0.2) is 11.6 Å². The maximum atomic E-state index is 13.2.